The molecular formula is C15H24N4O2. The number of carbonyl (C=O) groups excluding carboxylic acids is 2. The number of nitrogens with zero attached hydrogens (tertiary/aromatic N) is 3. The minimum atomic E-state index is -0.475. The van der Waals surface area contributed by atoms with Crippen molar-refractivity contribution in [2.24, 2.45) is 5.41 Å². The maximum atomic E-state index is 12.5. The summed E-state index contributed by atoms with van der Waals surface area (Å²) in [4.78, 5) is 26.5. The lowest BCUT2D eigenvalue weighted by molar-refractivity contribution is -0.154. The Labute approximate surface area is 125 Å². The third-order valence-electron chi connectivity index (χ3n) is 3.76. The summed E-state index contributed by atoms with van der Waals surface area (Å²) in [5, 5.41) is 7.00. The van der Waals surface area contributed by atoms with Crippen molar-refractivity contribution in [2.75, 3.05) is 0 Å². The van der Waals surface area contributed by atoms with Crippen LogP contribution >= 0.6 is 0 Å². The minimum Gasteiger partial charge on any atom is -0.343 e. The number of aryl methyl sites for hydroxylation is 1. The fourth-order valence-corrected chi connectivity index (χ4v) is 2.76. The van der Waals surface area contributed by atoms with Gasteiger partial charge in [0.25, 0.3) is 0 Å². The zero-order valence-corrected chi connectivity index (χ0v) is 13.4. The minimum absolute atomic E-state index is 0.0428. The largest absolute Gasteiger partial charge is 0.343 e. The van der Waals surface area contributed by atoms with Gasteiger partial charge in [-0.2, -0.15) is 5.10 Å². The van der Waals surface area contributed by atoms with Gasteiger partial charge >= 0.3 is 0 Å². The van der Waals surface area contributed by atoms with Crippen molar-refractivity contribution in [1.82, 2.24) is 20.0 Å². The molecule has 0 aliphatic carbocycles. The zero-order valence-electron chi connectivity index (χ0n) is 13.4. The van der Waals surface area contributed by atoms with Crippen LogP contribution < -0.4 is 5.32 Å². The van der Waals surface area contributed by atoms with E-state index in [1.165, 1.54) is 0 Å². The molecule has 1 aromatic rings. The first-order valence-corrected chi connectivity index (χ1v) is 7.36. The lowest BCUT2D eigenvalue weighted by atomic mass is 9.83. The molecule has 0 bridgehead atoms. The van der Waals surface area contributed by atoms with E-state index in [0.717, 1.165) is 12.1 Å². The Morgan fingerprint density at radius 3 is 2.52 bits per heavy atom. The standard InChI is InChI=1S/C15H24N4O2/c1-6-18-8-11(7-16-18)9-19-12(15(3,4)5)13(20)17-10(2)14(19)21/h7-8,10,12H,6,9H2,1-5H3,(H,17,20). The zero-order chi connectivity index (χ0) is 15.8. The van der Waals surface area contributed by atoms with Crippen molar-refractivity contribution in [3.63, 3.8) is 0 Å². The number of hydrogen-bond donors (Lipinski definition) is 1. The highest BCUT2D eigenvalue weighted by Crippen LogP contribution is 2.29. The number of piperazine rings is 1. The van der Waals surface area contributed by atoms with Crippen LogP contribution in [0.4, 0.5) is 0 Å². The topological polar surface area (TPSA) is 67.2 Å². The highest BCUT2D eigenvalue weighted by Gasteiger charge is 2.44. The first kappa shape index (κ1) is 15.5. The fraction of sp³-hybridized carbons (Fsp3) is 0.667. The summed E-state index contributed by atoms with van der Waals surface area (Å²) in [5.74, 6) is -0.128. The van der Waals surface area contributed by atoms with Gasteiger partial charge in [-0.25, -0.2) is 0 Å². The van der Waals surface area contributed by atoms with E-state index in [1.807, 2.05) is 38.6 Å². The molecule has 0 radical (unpaired) electrons. The third-order valence-corrected chi connectivity index (χ3v) is 3.76. The smallest absolute Gasteiger partial charge is 0.245 e. The van der Waals surface area contributed by atoms with Crippen molar-refractivity contribution < 1.29 is 9.59 Å². The first-order chi connectivity index (χ1) is 9.74. The Morgan fingerprint density at radius 2 is 2.00 bits per heavy atom. The molecule has 1 fully saturated rings. The molecule has 2 rings (SSSR count). The molecule has 6 heteroatoms. The van der Waals surface area contributed by atoms with Crippen molar-refractivity contribution in [2.45, 2.75) is 59.8 Å². The van der Waals surface area contributed by atoms with Crippen LogP contribution in [0.25, 0.3) is 0 Å². The van der Waals surface area contributed by atoms with E-state index in [4.69, 9.17) is 0 Å². The van der Waals surface area contributed by atoms with E-state index in [0.29, 0.717) is 6.54 Å². The van der Waals surface area contributed by atoms with Gasteiger partial charge in [-0.15, -0.1) is 0 Å². The van der Waals surface area contributed by atoms with Crippen molar-refractivity contribution in [3.05, 3.63) is 18.0 Å². The highest BCUT2D eigenvalue weighted by atomic mass is 16.2. The quantitative estimate of drug-likeness (QED) is 0.909. The maximum absolute atomic E-state index is 12.5. The molecule has 1 N–H and O–H groups in total. The summed E-state index contributed by atoms with van der Waals surface area (Å²) in [6.45, 7) is 10.9. The fourth-order valence-electron chi connectivity index (χ4n) is 2.76. The molecule has 0 aromatic carbocycles. The molecular weight excluding hydrogens is 268 g/mol. The molecule has 0 saturated carbocycles. The van der Waals surface area contributed by atoms with Gasteiger partial charge in [-0.3, -0.25) is 14.3 Å². The van der Waals surface area contributed by atoms with Crippen LogP contribution in [-0.4, -0.2) is 38.6 Å². The molecule has 116 valence electrons. The predicted molar refractivity (Wildman–Crippen MR) is 79.3 cm³/mol. The molecule has 6 nitrogen and oxygen atoms in total. The van der Waals surface area contributed by atoms with E-state index in [1.54, 1.807) is 18.0 Å². The molecule has 2 heterocycles. The molecule has 1 aromatic heterocycles. The Morgan fingerprint density at radius 1 is 1.33 bits per heavy atom. The van der Waals surface area contributed by atoms with Gasteiger partial charge in [0.05, 0.1) is 6.20 Å². The van der Waals surface area contributed by atoms with Gasteiger partial charge in [0, 0.05) is 24.8 Å². The van der Waals surface area contributed by atoms with E-state index >= 15 is 0 Å². The van der Waals surface area contributed by atoms with Crippen molar-refractivity contribution in [1.29, 1.82) is 0 Å². The summed E-state index contributed by atoms with van der Waals surface area (Å²) in [7, 11) is 0. The average Bonchev–Trinajstić information content (AvgIpc) is 2.81. The maximum Gasteiger partial charge on any atom is 0.245 e. The molecule has 21 heavy (non-hydrogen) atoms. The number of amides is 2. The summed E-state index contributed by atoms with van der Waals surface area (Å²) in [5.41, 5.74) is 0.627. The van der Waals surface area contributed by atoms with Crippen LogP contribution in [0, 0.1) is 5.41 Å². The summed E-state index contributed by atoms with van der Waals surface area (Å²) >= 11 is 0. The van der Waals surface area contributed by atoms with E-state index in [-0.39, 0.29) is 17.2 Å². The van der Waals surface area contributed by atoms with Crippen LogP contribution in [0.5, 0.6) is 0 Å². The normalized spacial score (nSPS) is 23.4. The molecule has 1 aliphatic heterocycles. The third kappa shape index (κ3) is 3.09. The van der Waals surface area contributed by atoms with E-state index in [2.05, 4.69) is 10.4 Å². The van der Waals surface area contributed by atoms with Gasteiger partial charge in [0.15, 0.2) is 0 Å². The van der Waals surface area contributed by atoms with Crippen LogP contribution in [0.3, 0.4) is 0 Å². The van der Waals surface area contributed by atoms with Gasteiger partial charge in [-0.1, -0.05) is 20.8 Å². The van der Waals surface area contributed by atoms with Crippen LogP contribution in [0.2, 0.25) is 0 Å². The lowest BCUT2D eigenvalue weighted by Crippen LogP contribution is -2.65. The van der Waals surface area contributed by atoms with E-state index in [9.17, 15) is 9.59 Å². The molecule has 2 amide bonds. The molecule has 2 unspecified atom stereocenters. The number of rotatable bonds is 3. The van der Waals surface area contributed by atoms with Gasteiger partial charge in [-0.05, 0) is 19.3 Å². The van der Waals surface area contributed by atoms with Crippen LogP contribution in [-0.2, 0) is 22.7 Å². The monoisotopic (exact) mass is 292 g/mol. The second-order valence-corrected chi connectivity index (χ2v) is 6.67. The number of hydrogen-bond acceptors (Lipinski definition) is 3. The van der Waals surface area contributed by atoms with Gasteiger partial charge in [0.1, 0.15) is 12.1 Å². The Hall–Kier alpha value is -1.85. The average molecular weight is 292 g/mol. The van der Waals surface area contributed by atoms with E-state index < -0.39 is 12.1 Å². The Kier molecular flexibility index (Phi) is 4.07. The molecule has 0 spiro atoms. The highest BCUT2D eigenvalue weighted by molar-refractivity contribution is 5.97. The Bertz CT molecular complexity index is 544. The number of carbonyl (C=O) groups is 2. The number of nitrogens with one attached hydrogen (secondary N) is 1. The molecule has 1 saturated heterocycles. The molecule has 1 aliphatic rings. The van der Waals surface area contributed by atoms with Crippen LogP contribution in [0.1, 0.15) is 40.2 Å². The number of aromatic nitrogens is 2. The second-order valence-electron chi connectivity index (χ2n) is 6.67. The second kappa shape index (κ2) is 5.50. The van der Waals surface area contributed by atoms with Crippen LogP contribution in [0.15, 0.2) is 12.4 Å². The summed E-state index contributed by atoms with van der Waals surface area (Å²) in [6.07, 6.45) is 3.68. The lowest BCUT2D eigenvalue weighted by Gasteiger charge is -2.43. The van der Waals surface area contributed by atoms with Crippen molar-refractivity contribution >= 4 is 11.8 Å². The predicted octanol–water partition coefficient (Wildman–Crippen LogP) is 1.16. The molecule has 2 atom stereocenters. The van der Waals surface area contributed by atoms with Gasteiger partial charge in [0.2, 0.25) is 11.8 Å². The van der Waals surface area contributed by atoms with Gasteiger partial charge < -0.3 is 10.2 Å². The Balaban J connectivity index is 2.29. The SMILES string of the molecule is CCn1cc(CN2C(=O)C(C)NC(=O)C2C(C)(C)C)cn1. The summed E-state index contributed by atoms with van der Waals surface area (Å²) < 4.78 is 1.82. The summed E-state index contributed by atoms with van der Waals surface area (Å²) in [6, 6.07) is -0.941. The van der Waals surface area contributed by atoms with Crippen molar-refractivity contribution in [3.8, 4) is 0 Å². The first-order valence-electron chi connectivity index (χ1n) is 7.36.